The van der Waals surface area contributed by atoms with Gasteiger partial charge in [0.2, 0.25) is 0 Å². The monoisotopic (exact) mass is 450 g/mol. The first kappa shape index (κ1) is 21.6. The maximum absolute atomic E-state index is 12.0. The van der Waals surface area contributed by atoms with E-state index in [4.69, 9.17) is 14.5 Å². The summed E-state index contributed by atoms with van der Waals surface area (Å²) in [5, 5.41) is 8.53. The molecule has 2 aromatic heterocycles. The van der Waals surface area contributed by atoms with Gasteiger partial charge in [0.05, 0.1) is 35.8 Å². The zero-order valence-electron chi connectivity index (χ0n) is 19.3. The van der Waals surface area contributed by atoms with Crippen molar-refractivity contribution < 1.29 is 14.3 Å². The van der Waals surface area contributed by atoms with Crippen molar-refractivity contribution in [3.8, 4) is 11.3 Å². The molecular formula is C24H30N6O3. The molecule has 33 heavy (non-hydrogen) atoms. The van der Waals surface area contributed by atoms with E-state index >= 15 is 0 Å². The van der Waals surface area contributed by atoms with Crippen LogP contribution >= 0.6 is 0 Å². The Morgan fingerprint density at radius 1 is 1.18 bits per heavy atom. The maximum atomic E-state index is 12.0. The fourth-order valence-electron chi connectivity index (χ4n) is 4.24. The summed E-state index contributed by atoms with van der Waals surface area (Å²) in [4.78, 5) is 23.3. The van der Waals surface area contributed by atoms with Crippen molar-refractivity contribution in [2.24, 2.45) is 0 Å². The highest BCUT2D eigenvalue weighted by Crippen LogP contribution is 2.29. The van der Waals surface area contributed by atoms with Crippen LogP contribution < -0.4 is 10.2 Å². The molecule has 0 radical (unpaired) electrons. The molecule has 1 atom stereocenters. The van der Waals surface area contributed by atoms with Crippen LogP contribution in [0.25, 0.3) is 22.2 Å². The Labute approximate surface area is 193 Å². The molecule has 2 aliphatic rings. The van der Waals surface area contributed by atoms with Gasteiger partial charge in [-0.25, -0.2) is 14.5 Å². The summed E-state index contributed by atoms with van der Waals surface area (Å²) in [7, 11) is 0. The van der Waals surface area contributed by atoms with E-state index in [2.05, 4.69) is 38.5 Å². The summed E-state index contributed by atoms with van der Waals surface area (Å²) >= 11 is 0. The lowest BCUT2D eigenvalue weighted by Gasteiger charge is -2.40. The van der Waals surface area contributed by atoms with Gasteiger partial charge in [0, 0.05) is 30.6 Å². The van der Waals surface area contributed by atoms with Gasteiger partial charge in [-0.05, 0) is 52.2 Å². The molecule has 2 aliphatic heterocycles. The number of hydrogen-bond donors (Lipinski definition) is 1. The number of benzene rings is 1. The van der Waals surface area contributed by atoms with Crippen LogP contribution in [0.1, 0.15) is 46.3 Å². The Kier molecular flexibility index (Phi) is 5.65. The Bertz CT molecular complexity index is 1140. The lowest BCUT2D eigenvalue weighted by atomic mass is 10.1. The molecule has 1 N–H and O–H groups in total. The van der Waals surface area contributed by atoms with Crippen LogP contribution in [-0.4, -0.2) is 57.2 Å². The summed E-state index contributed by atoms with van der Waals surface area (Å²) < 4.78 is 13.2. The van der Waals surface area contributed by atoms with Gasteiger partial charge in [0.1, 0.15) is 11.4 Å². The van der Waals surface area contributed by atoms with E-state index in [1.807, 2.05) is 31.6 Å². The number of nitrogens with zero attached hydrogens (tertiary/aromatic N) is 5. The fourth-order valence-corrected chi connectivity index (χ4v) is 4.24. The van der Waals surface area contributed by atoms with Crippen LogP contribution in [0.5, 0.6) is 0 Å². The first-order valence-electron chi connectivity index (χ1n) is 11.5. The number of rotatable bonds is 4. The summed E-state index contributed by atoms with van der Waals surface area (Å²) in [6, 6.07) is 6.27. The number of alkyl carbamates (subject to hydrolysis) is 1. The number of carbonyl (C=O) groups excluding carboxylic acids is 1. The molecule has 3 aromatic rings. The van der Waals surface area contributed by atoms with E-state index in [1.165, 1.54) is 0 Å². The van der Waals surface area contributed by atoms with Gasteiger partial charge in [-0.2, -0.15) is 5.10 Å². The van der Waals surface area contributed by atoms with Crippen molar-refractivity contribution in [1.82, 2.24) is 25.1 Å². The molecule has 0 spiro atoms. The number of fused-ring (bicyclic) bond motifs is 1. The van der Waals surface area contributed by atoms with Gasteiger partial charge in [-0.1, -0.05) is 6.07 Å². The molecule has 2 saturated heterocycles. The molecule has 9 nitrogen and oxygen atoms in total. The first-order valence-corrected chi connectivity index (χ1v) is 11.5. The van der Waals surface area contributed by atoms with Gasteiger partial charge in [-0.3, -0.25) is 4.98 Å². The molecule has 2 fully saturated rings. The predicted molar refractivity (Wildman–Crippen MR) is 125 cm³/mol. The first-order chi connectivity index (χ1) is 15.9. The minimum atomic E-state index is -0.506. The highest BCUT2D eigenvalue weighted by atomic mass is 16.6. The molecule has 1 aromatic carbocycles. The van der Waals surface area contributed by atoms with E-state index in [0.717, 1.165) is 53.8 Å². The second kappa shape index (κ2) is 8.62. The summed E-state index contributed by atoms with van der Waals surface area (Å²) in [6.45, 7) is 7.69. The summed E-state index contributed by atoms with van der Waals surface area (Å²) in [5.41, 5.74) is 2.35. The minimum absolute atomic E-state index is 0.0128. The quantitative estimate of drug-likeness (QED) is 0.644. The maximum Gasteiger partial charge on any atom is 0.407 e. The van der Waals surface area contributed by atoms with E-state index in [0.29, 0.717) is 13.1 Å². The van der Waals surface area contributed by atoms with Crippen molar-refractivity contribution >= 4 is 22.8 Å². The molecule has 0 aliphatic carbocycles. The number of nitrogens with one attached hydrogen (secondary N) is 1. The third kappa shape index (κ3) is 4.78. The normalized spacial score (nSPS) is 19.4. The topological polar surface area (TPSA) is 94.4 Å². The molecule has 0 saturated carbocycles. The van der Waals surface area contributed by atoms with Crippen LogP contribution in [0, 0.1) is 0 Å². The van der Waals surface area contributed by atoms with E-state index in [9.17, 15) is 4.79 Å². The fraction of sp³-hybridized carbons (Fsp3) is 0.500. The second-order valence-corrected chi connectivity index (χ2v) is 9.69. The van der Waals surface area contributed by atoms with E-state index < -0.39 is 5.60 Å². The molecule has 1 amide bonds. The third-order valence-corrected chi connectivity index (χ3v) is 5.87. The SMILES string of the molecule is CC(C)(C)OC(=O)NC1CN(c2cncc(-c3ccc4c(cnn4C4CCCCO4)c3)n2)C1. The lowest BCUT2D eigenvalue weighted by Crippen LogP contribution is -2.60. The minimum Gasteiger partial charge on any atom is -0.444 e. The van der Waals surface area contributed by atoms with Gasteiger partial charge in [0.15, 0.2) is 6.23 Å². The average Bonchev–Trinajstić information content (AvgIpc) is 3.19. The van der Waals surface area contributed by atoms with Crippen LogP contribution in [0.15, 0.2) is 36.8 Å². The van der Waals surface area contributed by atoms with Crippen molar-refractivity contribution in [1.29, 1.82) is 0 Å². The van der Waals surface area contributed by atoms with Crippen molar-refractivity contribution in [3.63, 3.8) is 0 Å². The number of anilines is 1. The predicted octanol–water partition coefficient (Wildman–Crippen LogP) is 3.91. The standard InChI is InChI=1S/C24H30N6O3/c1-24(2,3)33-23(31)27-18-14-29(15-18)21-13-25-12-19(28-21)16-7-8-20-17(10-16)11-26-30(20)22-6-4-5-9-32-22/h7-8,10-13,18,22H,4-6,9,14-15H2,1-3H3,(H,27,31). The van der Waals surface area contributed by atoms with Crippen molar-refractivity contribution in [2.75, 3.05) is 24.6 Å². The molecule has 4 heterocycles. The Balaban J connectivity index is 1.26. The van der Waals surface area contributed by atoms with Gasteiger partial charge in [-0.15, -0.1) is 0 Å². The van der Waals surface area contributed by atoms with Crippen LogP contribution in [0.4, 0.5) is 10.6 Å². The van der Waals surface area contributed by atoms with Gasteiger partial charge in [0.25, 0.3) is 0 Å². The zero-order valence-corrected chi connectivity index (χ0v) is 19.3. The van der Waals surface area contributed by atoms with Crippen LogP contribution in [0.2, 0.25) is 0 Å². The van der Waals surface area contributed by atoms with E-state index in [1.54, 1.807) is 12.4 Å². The Morgan fingerprint density at radius 3 is 2.79 bits per heavy atom. The number of carbonyl (C=O) groups is 1. The molecule has 0 bridgehead atoms. The number of hydrogen-bond acceptors (Lipinski definition) is 7. The van der Waals surface area contributed by atoms with Gasteiger partial charge < -0.3 is 19.7 Å². The molecular weight excluding hydrogens is 420 g/mol. The molecule has 9 heteroatoms. The van der Waals surface area contributed by atoms with Crippen LogP contribution in [0.3, 0.4) is 0 Å². The molecule has 1 unspecified atom stereocenters. The Hall–Kier alpha value is -3.20. The third-order valence-electron chi connectivity index (χ3n) is 5.87. The van der Waals surface area contributed by atoms with Gasteiger partial charge >= 0.3 is 6.09 Å². The summed E-state index contributed by atoms with van der Waals surface area (Å²) in [5.74, 6) is 0.793. The average molecular weight is 451 g/mol. The second-order valence-electron chi connectivity index (χ2n) is 9.69. The van der Waals surface area contributed by atoms with Crippen molar-refractivity contribution in [2.45, 2.75) is 57.9 Å². The van der Waals surface area contributed by atoms with E-state index in [-0.39, 0.29) is 18.4 Å². The Morgan fingerprint density at radius 2 is 2.03 bits per heavy atom. The molecule has 5 rings (SSSR count). The zero-order chi connectivity index (χ0) is 23.0. The smallest absolute Gasteiger partial charge is 0.407 e. The highest BCUT2D eigenvalue weighted by molar-refractivity contribution is 5.84. The van der Waals surface area contributed by atoms with Crippen molar-refractivity contribution in [3.05, 3.63) is 36.8 Å². The number of aromatic nitrogens is 4. The summed E-state index contributed by atoms with van der Waals surface area (Å²) in [6.07, 6.45) is 8.31. The number of ether oxygens (including phenoxy) is 2. The highest BCUT2D eigenvalue weighted by Gasteiger charge is 2.31. The molecule has 174 valence electrons. The lowest BCUT2D eigenvalue weighted by molar-refractivity contribution is -0.0366. The largest absolute Gasteiger partial charge is 0.444 e. The van der Waals surface area contributed by atoms with Crippen LogP contribution in [-0.2, 0) is 9.47 Å². The number of amides is 1.